The smallest absolute Gasteiger partial charge is 0.335 e. The molecule has 0 unspecified atom stereocenters. The van der Waals surface area contributed by atoms with Crippen LogP contribution in [0.5, 0.6) is 0 Å². The largest absolute Gasteiger partial charge is 0.478 e. The Morgan fingerprint density at radius 3 is 2.23 bits per heavy atom. The van der Waals surface area contributed by atoms with Crippen molar-refractivity contribution in [2.75, 3.05) is 10.2 Å². The number of nitrogens with zero attached hydrogens (tertiary/aromatic N) is 1. The Bertz CT molecular complexity index is 967. The molecule has 6 nitrogen and oxygen atoms in total. The minimum absolute atomic E-state index is 0.0157. The average Bonchev–Trinajstić information content (AvgIpc) is 2.78. The van der Waals surface area contributed by atoms with Gasteiger partial charge in [-0.3, -0.25) is 9.59 Å². The fourth-order valence-corrected chi connectivity index (χ4v) is 3.12. The number of halogens is 3. The summed E-state index contributed by atoms with van der Waals surface area (Å²) in [6, 6.07) is 10.0. The fourth-order valence-electron chi connectivity index (χ4n) is 2.39. The van der Waals surface area contributed by atoms with Gasteiger partial charge in [0.1, 0.15) is 10.7 Å². The predicted molar refractivity (Wildman–Crippen MR) is 98.9 cm³/mol. The molecule has 0 spiro atoms. The van der Waals surface area contributed by atoms with Crippen molar-refractivity contribution < 1.29 is 19.5 Å². The van der Waals surface area contributed by atoms with E-state index in [2.05, 4.69) is 5.32 Å². The fraction of sp³-hybridized carbons (Fsp3) is 0. The van der Waals surface area contributed by atoms with E-state index in [1.165, 1.54) is 36.4 Å². The third-order valence-corrected chi connectivity index (χ3v) is 4.30. The first-order chi connectivity index (χ1) is 12.3. The van der Waals surface area contributed by atoms with E-state index in [-0.39, 0.29) is 32.0 Å². The number of carbonyl (C=O) groups excluding carboxylic acids is 2. The molecule has 0 atom stereocenters. The van der Waals surface area contributed by atoms with Gasteiger partial charge in [0, 0.05) is 15.7 Å². The summed E-state index contributed by atoms with van der Waals surface area (Å²) < 4.78 is 0. The number of imide groups is 1. The summed E-state index contributed by atoms with van der Waals surface area (Å²) in [7, 11) is 0. The molecule has 132 valence electrons. The molecule has 3 rings (SSSR count). The standard InChI is InChI=1S/C17H9Cl3N2O4/c18-9-5-10(19)7-12(6-9)22-15(23)13(20)14(16(22)24)21-11-3-1-2-8(4-11)17(25)26/h1-7,21H,(H,25,26). The van der Waals surface area contributed by atoms with Gasteiger partial charge in [-0.1, -0.05) is 40.9 Å². The molecule has 1 heterocycles. The van der Waals surface area contributed by atoms with Crippen LogP contribution in [0.4, 0.5) is 11.4 Å². The molecule has 9 heteroatoms. The average molecular weight is 412 g/mol. The first-order valence-corrected chi connectivity index (χ1v) is 8.26. The number of anilines is 2. The number of carbonyl (C=O) groups is 3. The first kappa shape index (κ1) is 18.3. The topological polar surface area (TPSA) is 86.7 Å². The van der Waals surface area contributed by atoms with Crippen LogP contribution in [0.3, 0.4) is 0 Å². The Balaban J connectivity index is 1.94. The molecule has 2 aromatic carbocycles. The van der Waals surface area contributed by atoms with Crippen LogP contribution in [0.25, 0.3) is 0 Å². The summed E-state index contributed by atoms with van der Waals surface area (Å²) in [5, 5.41) is 11.9. The van der Waals surface area contributed by atoms with Crippen molar-refractivity contribution >= 4 is 64.0 Å². The molecule has 2 aromatic rings. The lowest BCUT2D eigenvalue weighted by Crippen LogP contribution is -2.32. The van der Waals surface area contributed by atoms with Gasteiger partial charge in [0.05, 0.1) is 11.3 Å². The molecule has 2 amide bonds. The molecule has 0 saturated carbocycles. The monoisotopic (exact) mass is 410 g/mol. The third-order valence-electron chi connectivity index (χ3n) is 3.51. The van der Waals surface area contributed by atoms with E-state index in [1.54, 1.807) is 6.07 Å². The van der Waals surface area contributed by atoms with E-state index in [9.17, 15) is 14.4 Å². The molecule has 0 bridgehead atoms. The van der Waals surface area contributed by atoms with Gasteiger partial charge < -0.3 is 10.4 Å². The summed E-state index contributed by atoms with van der Waals surface area (Å²) >= 11 is 17.9. The van der Waals surface area contributed by atoms with Gasteiger partial charge in [0.2, 0.25) is 0 Å². The Morgan fingerprint density at radius 1 is 0.962 bits per heavy atom. The minimum atomic E-state index is -1.13. The van der Waals surface area contributed by atoms with Crippen molar-refractivity contribution in [3.8, 4) is 0 Å². The van der Waals surface area contributed by atoms with Crippen LogP contribution in [0.15, 0.2) is 53.2 Å². The minimum Gasteiger partial charge on any atom is -0.478 e. The maximum Gasteiger partial charge on any atom is 0.335 e. The SMILES string of the molecule is O=C(O)c1cccc(NC2=C(Cl)C(=O)N(c3cc(Cl)cc(Cl)c3)C2=O)c1. The first-order valence-electron chi connectivity index (χ1n) is 7.13. The molecule has 2 N–H and O–H groups in total. The number of nitrogens with one attached hydrogen (secondary N) is 1. The van der Waals surface area contributed by atoms with Crippen molar-refractivity contribution in [1.29, 1.82) is 0 Å². The molecule has 1 aliphatic rings. The van der Waals surface area contributed by atoms with Crippen LogP contribution in [-0.4, -0.2) is 22.9 Å². The predicted octanol–water partition coefficient (Wildman–Crippen LogP) is 4.13. The Hall–Kier alpha value is -2.54. The van der Waals surface area contributed by atoms with E-state index >= 15 is 0 Å². The lowest BCUT2D eigenvalue weighted by Gasteiger charge is -2.16. The van der Waals surface area contributed by atoms with Crippen molar-refractivity contribution in [2.45, 2.75) is 0 Å². The molecule has 0 aliphatic carbocycles. The van der Waals surface area contributed by atoms with Crippen LogP contribution >= 0.6 is 34.8 Å². The van der Waals surface area contributed by atoms with Crippen LogP contribution < -0.4 is 10.2 Å². The van der Waals surface area contributed by atoms with Gasteiger partial charge >= 0.3 is 5.97 Å². The number of hydrogen-bond acceptors (Lipinski definition) is 4. The normalized spacial score (nSPS) is 14.2. The molecular formula is C17H9Cl3N2O4. The van der Waals surface area contributed by atoms with E-state index in [4.69, 9.17) is 39.9 Å². The zero-order chi connectivity index (χ0) is 19.0. The highest BCUT2D eigenvalue weighted by Crippen LogP contribution is 2.33. The van der Waals surface area contributed by atoms with E-state index in [0.29, 0.717) is 5.69 Å². The summed E-state index contributed by atoms with van der Waals surface area (Å²) in [5.41, 5.74) is 0.314. The number of hydrogen-bond donors (Lipinski definition) is 2. The van der Waals surface area contributed by atoms with Gasteiger partial charge in [-0.25, -0.2) is 9.69 Å². The second-order valence-electron chi connectivity index (χ2n) is 5.27. The summed E-state index contributed by atoms with van der Waals surface area (Å²) in [5.74, 6) is -2.58. The van der Waals surface area contributed by atoms with Gasteiger partial charge in [-0.15, -0.1) is 0 Å². The van der Waals surface area contributed by atoms with Crippen molar-refractivity contribution in [1.82, 2.24) is 0 Å². The molecule has 0 radical (unpaired) electrons. The maximum atomic E-state index is 12.7. The quantitative estimate of drug-likeness (QED) is 0.739. The van der Waals surface area contributed by atoms with E-state index < -0.39 is 17.8 Å². The van der Waals surface area contributed by atoms with Gasteiger partial charge in [-0.2, -0.15) is 0 Å². The molecule has 26 heavy (non-hydrogen) atoms. The van der Waals surface area contributed by atoms with Gasteiger partial charge in [-0.05, 0) is 36.4 Å². The molecule has 1 aliphatic heterocycles. The number of benzene rings is 2. The highest BCUT2D eigenvalue weighted by atomic mass is 35.5. The Labute approximate surface area is 162 Å². The van der Waals surface area contributed by atoms with Crippen molar-refractivity contribution in [3.63, 3.8) is 0 Å². The summed E-state index contributed by atoms with van der Waals surface area (Å²) in [6.07, 6.45) is 0. The lowest BCUT2D eigenvalue weighted by atomic mass is 10.2. The number of amides is 2. The van der Waals surface area contributed by atoms with Gasteiger partial charge in [0.15, 0.2) is 0 Å². The van der Waals surface area contributed by atoms with Crippen molar-refractivity contribution in [2.24, 2.45) is 0 Å². The third kappa shape index (κ3) is 3.39. The lowest BCUT2D eigenvalue weighted by molar-refractivity contribution is -0.120. The number of carboxylic acid groups (broad SMARTS) is 1. The molecule has 0 aromatic heterocycles. The van der Waals surface area contributed by atoms with E-state index in [0.717, 1.165) is 4.90 Å². The highest BCUT2D eigenvalue weighted by molar-refractivity contribution is 6.53. The Morgan fingerprint density at radius 2 is 1.62 bits per heavy atom. The second kappa shape index (κ2) is 6.99. The van der Waals surface area contributed by atoms with Crippen molar-refractivity contribution in [3.05, 3.63) is 68.8 Å². The van der Waals surface area contributed by atoms with Crippen LogP contribution in [0.2, 0.25) is 10.0 Å². The molecular weight excluding hydrogens is 403 g/mol. The van der Waals surface area contributed by atoms with Crippen LogP contribution in [0, 0.1) is 0 Å². The second-order valence-corrected chi connectivity index (χ2v) is 6.52. The van der Waals surface area contributed by atoms with Gasteiger partial charge in [0.25, 0.3) is 11.8 Å². The molecule has 0 fully saturated rings. The number of rotatable bonds is 4. The van der Waals surface area contributed by atoms with Crippen LogP contribution in [-0.2, 0) is 9.59 Å². The number of aromatic carboxylic acids is 1. The summed E-state index contributed by atoms with van der Waals surface area (Å²) in [6.45, 7) is 0. The summed E-state index contributed by atoms with van der Waals surface area (Å²) in [4.78, 5) is 37.0. The highest BCUT2D eigenvalue weighted by Gasteiger charge is 2.39. The Kier molecular flexibility index (Phi) is 4.91. The molecule has 0 saturated heterocycles. The van der Waals surface area contributed by atoms with Crippen LogP contribution in [0.1, 0.15) is 10.4 Å². The van der Waals surface area contributed by atoms with E-state index in [1.807, 2.05) is 0 Å². The zero-order valence-electron chi connectivity index (χ0n) is 12.8. The zero-order valence-corrected chi connectivity index (χ0v) is 15.1. The maximum absolute atomic E-state index is 12.7. The number of carboxylic acids is 1.